The normalized spacial score (nSPS) is 29.8. The maximum atomic E-state index is 11.6. The van der Waals surface area contributed by atoms with Crippen molar-refractivity contribution in [2.24, 2.45) is 0 Å². The summed E-state index contributed by atoms with van der Waals surface area (Å²) in [7, 11) is 0. The molecule has 0 unspecified atom stereocenters. The van der Waals surface area contributed by atoms with Crippen LogP contribution >= 0.6 is 0 Å². The Morgan fingerprint density at radius 2 is 2.21 bits per heavy atom. The largest absolute Gasteiger partial charge is 0.442 e. The van der Waals surface area contributed by atoms with Crippen molar-refractivity contribution in [3.63, 3.8) is 0 Å². The summed E-state index contributed by atoms with van der Waals surface area (Å²) >= 11 is 0. The lowest BCUT2D eigenvalue weighted by atomic mass is 10.2. The van der Waals surface area contributed by atoms with Gasteiger partial charge in [-0.15, -0.1) is 0 Å². The second-order valence-corrected chi connectivity index (χ2v) is 4.64. The molecule has 1 saturated heterocycles. The second-order valence-electron chi connectivity index (χ2n) is 4.64. The van der Waals surface area contributed by atoms with E-state index in [1.54, 1.807) is 0 Å². The van der Waals surface area contributed by atoms with Gasteiger partial charge in [-0.05, 0) is 20.8 Å². The maximum absolute atomic E-state index is 11.6. The van der Waals surface area contributed by atoms with Crippen LogP contribution in [0.3, 0.4) is 0 Å². The topological polar surface area (TPSA) is 38.8 Å². The van der Waals surface area contributed by atoms with Crippen molar-refractivity contribution >= 4 is 6.09 Å². The van der Waals surface area contributed by atoms with E-state index in [9.17, 15) is 4.79 Å². The fraction of sp³-hybridized carbons (Fsp3) is 0.700. The average molecular weight is 197 g/mol. The summed E-state index contributed by atoms with van der Waals surface area (Å²) < 4.78 is 5.20. The third-order valence-electron chi connectivity index (χ3n) is 2.15. The Morgan fingerprint density at radius 3 is 2.64 bits per heavy atom. The first kappa shape index (κ1) is 9.52. The first-order chi connectivity index (χ1) is 6.46. The van der Waals surface area contributed by atoms with E-state index >= 15 is 0 Å². The molecule has 78 valence electrons. The fourth-order valence-electron chi connectivity index (χ4n) is 1.61. The molecule has 0 spiro atoms. The van der Waals surface area contributed by atoms with Gasteiger partial charge in [0.15, 0.2) is 0 Å². The molecule has 2 atom stereocenters. The molecule has 2 rings (SSSR count). The highest BCUT2D eigenvalue weighted by molar-refractivity contribution is 5.68. The van der Waals surface area contributed by atoms with Crippen molar-refractivity contribution in [2.45, 2.75) is 44.9 Å². The molecule has 1 aliphatic heterocycles. The molecule has 0 radical (unpaired) electrons. The molecule has 0 N–H and O–H groups in total. The van der Waals surface area contributed by atoms with Crippen molar-refractivity contribution < 1.29 is 14.4 Å². The molecule has 4 nitrogen and oxygen atoms in total. The summed E-state index contributed by atoms with van der Waals surface area (Å²) in [5, 5.41) is 1.33. The molecular weight excluding hydrogens is 182 g/mol. The van der Waals surface area contributed by atoms with Gasteiger partial charge in [0.2, 0.25) is 0 Å². The Labute approximate surface area is 83.4 Å². The van der Waals surface area contributed by atoms with Crippen LogP contribution in [0.4, 0.5) is 4.79 Å². The van der Waals surface area contributed by atoms with E-state index < -0.39 is 11.7 Å². The average Bonchev–Trinajstić information content (AvgIpc) is 2.59. The Hall–Kier alpha value is -1.03. The van der Waals surface area contributed by atoms with Crippen LogP contribution in [0.1, 0.15) is 27.2 Å². The van der Waals surface area contributed by atoms with Gasteiger partial charge in [0.05, 0.1) is 6.04 Å². The van der Waals surface area contributed by atoms with Gasteiger partial charge in [-0.1, -0.05) is 12.2 Å². The molecule has 0 saturated carbocycles. The highest BCUT2D eigenvalue weighted by Gasteiger charge is 2.40. The summed E-state index contributed by atoms with van der Waals surface area (Å²) in [6, 6.07) is 0.0647. The molecule has 14 heavy (non-hydrogen) atoms. The van der Waals surface area contributed by atoms with Crippen molar-refractivity contribution in [3.05, 3.63) is 12.2 Å². The van der Waals surface area contributed by atoms with Crippen LogP contribution in [0.25, 0.3) is 0 Å². The molecule has 1 amide bonds. The molecule has 1 heterocycles. The lowest BCUT2D eigenvalue weighted by Crippen LogP contribution is -2.39. The lowest BCUT2D eigenvalue weighted by molar-refractivity contribution is -0.139. The number of amides is 1. The Bertz CT molecular complexity index is 280. The summed E-state index contributed by atoms with van der Waals surface area (Å²) in [5.74, 6) is 0. The predicted octanol–water partition coefficient (Wildman–Crippen LogP) is 1.87. The van der Waals surface area contributed by atoms with E-state index in [1.165, 1.54) is 5.06 Å². The van der Waals surface area contributed by atoms with Crippen molar-refractivity contribution in [3.8, 4) is 0 Å². The zero-order valence-electron chi connectivity index (χ0n) is 8.69. The second kappa shape index (κ2) is 2.98. The van der Waals surface area contributed by atoms with Gasteiger partial charge < -0.3 is 4.74 Å². The highest BCUT2D eigenvalue weighted by Crippen LogP contribution is 2.30. The minimum absolute atomic E-state index is 0.0625. The molecule has 4 heteroatoms. The van der Waals surface area contributed by atoms with Gasteiger partial charge in [-0.2, -0.15) is 5.06 Å². The molecule has 0 aromatic heterocycles. The summed E-state index contributed by atoms with van der Waals surface area (Å²) in [5.41, 5.74) is -0.466. The minimum atomic E-state index is -0.466. The van der Waals surface area contributed by atoms with E-state index in [4.69, 9.17) is 9.57 Å². The van der Waals surface area contributed by atoms with Gasteiger partial charge in [-0.25, -0.2) is 4.79 Å². The van der Waals surface area contributed by atoms with E-state index in [-0.39, 0.29) is 12.1 Å². The predicted molar refractivity (Wildman–Crippen MR) is 50.5 cm³/mol. The monoisotopic (exact) mass is 197 g/mol. The van der Waals surface area contributed by atoms with E-state index in [2.05, 4.69) is 0 Å². The quantitative estimate of drug-likeness (QED) is 0.556. The van der Waals surface area contributed by atoms with Gasteiger partial charge in [-0.3, -0.25) is 4.84 Å². The number of hydrogen-bond donors (Lipinski definition) is 0. The SMILES string of the molecule is CC(C)(C)OC(=O)N1O[C@H]2C=C[C@H]1C2. The Balaban J connectivity index is 1.97. The highest BCUT2D eigenvalue weighted by atomic mass is 16.7. The number of fused-ring (bicyclic) bond motifs is 2. The molecule has 2 bridgehead atoms. The third-order valence-corrected chi connectivity index (χ3v) is 2.15. The number of hydroxylamine groups is 2. The van der Waals surface area contributed by atoms with Gasteiger partial charge in [0.25, 0.3) is 0 Å². The Morgan fingerprint density at radius 1 is 1.50 bits per heavy atom. The van der Waals surface area contributed by atoms with Crippen LogP contribution in [-0.2, 0) is 9.57 Å². The zero-order valence-corrected chi connectivity index (χ0v) is 8.69. The van der Waals surface area contributed by atoms with Crippen LogP contribution < -0.4 is 0 Å². The summed E-state index contributed by atoms with van der Waals surface area (Å²) in [6.45, 7) is 5.53. The van der Waals surface area contributed by atoms with E-state index in [0.717, 1.165) is 6.42 Å². The number of ether oxygens (including phenoxy) is 1. The molecule has 1 aliphatic carbocycles. The van der Waals surface area contributed by atoms with Crippen molar-refractivity contribution in [1.82, 2.24) is 5.06 Å². The first-order valence-electron chi connectivity index (χ1n) is 4.83. The van der Waals surface area contributed by atoms with Crippen molar-refractivity contribution in [2.75, 3.05) is 0 Å². The molecule has 0 aromatic carbocycles. The minimum Gasteiger partial charge on any atom is -0.442 e. The summed E-state index contributed by atoms with van der Waals surface area (Å²) in [6.07, 6.45) is 4.49. The lowest BCUT2D eigenvalue weighted by Gasteiger charge is -2.27. The number of rotatable bonds is 0. The van der Waals surface area contributed by atoms with E-state index in [1.807, 2.05) is 32.9 Å². The van der Waals surface area contributed by atoms with Crippen LogP contribution in [0.2, 0.25) is 0 Å². The van der Waals surface area contributed by atoms with Crippen LogP contribution in [0, 0.1) is 0 Å². The molecule has 1 fully saturated rings. The standard InChI is InChI=1S/C10H15NO3/c1-10(2,3)13-9(12)11-7-4-5-8(6-7)14-11/h4-5,7-8H,6H2,1-3H3/t7-,8-/m0/s1. The maximum Gasteiger partial charge on any atom is 0.435 e. The number of carbonyl (C=O) groups is 1. The number of hydrogen-bond acceptors (Lipinski definition) is 3. The number of nitrogens with zero attached hydrogens (tertiary/aromatic N) is 1. The van der Waals surface area contributed by atoms with Crippen LogP contribution in [-0.4, -0.2) is 28.9 Å². The van der Waals surface area contributed by atoms with Gasteiger partial charge in [0, 0.05) is 6.42 Å². The van der Waals surface area contributed by atoms with Crippen molar-refractivity contribution in [1.29, 1.82) is 0 Å². The number of carbonyl (C=O) groups excluding carboxylic acids is 1. The van der Waals surface area contributed by atoms with E-state index in [0.29, 0.717) is 0 Å². The summed E-state index contributed by atoms with van der Waals surface area (Å²) in [4.78, 5) is 16.9. The van der Waals surface area contributed by atoms with Gasteiger partial charge in [0.1, 0.15) is 11.7 Å². The zero-order chi connectivity index (χ0) is 10.3. The molecule has 2 aliphatic rings. The third kappa shape index (κ3) is 1.75. The Kier molecular flexibility index (Phi) is 2.03. The first-order valence-corrected chi connectivity index (χ1v) is 4.83. The fourth-order valence-corrected chi connectivity index (χ4v) is 1.61. The molecular formula is C10H15NO3. The van der Waals surface area contributed by atoms with Crippen LogP contribution in [0.15, 0.2) is 12.2 Å². The molecule has 0 aromatic rings. The smallest absolute Gasteiger partial charge is 0.435 e. The van der Waals surface area contributed by atoms with Crippen LogP contribution in [0.5, 0.6) is 0 Å². The van der Waals surface area contributed by atoms with Gasteiger partial charge >= 0.3 is 6.09 Å².